The summed E-state index contributed by atoms with van der Waals surface area (Å²) in [5.41, 5.74) is 1.13. The molecule has 1 amide bonds. The van der Waals surface area contributed by atoms with Gasteiger partial charge in [0, 0.05) is 0 Å². The number of carbonyl (C=O) groups excluding carboxylic acids is 1. The summed E-state index contributed by atoms with van der Waals surface area (Å²) in [6, 6.07) is 2.23. The van der Waals surface area contributed by atoms with Crippen molar-refractivity contribution in [2.75, 3.05) is 13.2 Å². The molecule has 1 aliphatic heterocycles. The molecule has 14 heavy (non-hydrogen) atoms. The van der Waals surface area contributed by atoms with Crippen LogP contribution in [0.15, 0.2) is 11.4 Å². The van der Waals surface area contributed by atoms with Crippen LogP contribution in [0, 0.1) is 0 Å². The Morgan fingerprint density at radius 2 is 2.50 bits per heavy atom. The molecule has 2 rings (SSSR count). The highest BCUT2D eigenvalue weighted by Gasteiger charge is 2.22. The van der Waals surface area contributed by atoms with Crippen LogP contribution in [0.4, 0.5) is 0 Å². The number of rotatable bonds is 3. The second kappa shape index (κ2) is 4.11. The van der Waals surface area contributed by atoms with E-state index in [2.05, 4.69) is 12.2 Å². The van der Waals surface area contributed by atoms with Gasteiger partial charge in [0.25, 0.3) is 5.91 Å². The summed E-state index contributed by atoms with van der Waals surface area (Å²) >= 11 is 1.51. The fourth-order valence-corrected chi connectivity index (χ4v) is 2.28. The Morgan fingerprint density at radius 3 is 3.07 bits per heavy atom. The van der Waals surface area contributed by atoms with Crippen molar-refractivity contribution in [2.24, 2.45) is 0 Å². The zero-order chi connectivity index (χ0) is 9.97. The van der Waals surface area contributed by atoms with E-state index in [-0.39, 0.29) is 11.9 Å². The maximum absolute atomic E-state index is 11.7. The lowest BCUT2D eigenvalue weighted by Crippen LogP contribution is -2.48. The molecule has 4 heteroatoms. The van der Waals surface area contributed by atoms with Crippen LogP contribution in [-0.2, 0) is 11.2 Å². The highest BCUT2D eigenvalue weighted by atomic mass is 32.1. The van der Waals surface area contributed by atoms with Crippen molar-refractivity contribution in [2.45, 2.75) is 19.4 Å². The van der Waals surface area contributed by atoms with E-state index in [0.717, 1.165) is 16.9 Å². The lowest BCUT2D eigenvalue weighted by molar-refractivity contribution is -0.00340. The third-order valence-electron chi connectivity index (χ3n) is 2.31. The van der Waals surface area contributed by atoms with Gasteiger partial charge in [-0.25, -0.2) is 0 Å². The normalized spacial score (nSPS) is 16.4. The van der Waals surface area contributed by atoms with Gasteiger partial charge in [0.05, 0.1) is 24.1 Å². The topological polar surface area (TPSA) is 38.3 Å². The van der Waals surface area contributed by atoms with E-state index >= 15 is 0 Å². The van der Waals surface area contributed by atoms with Crippen molar-refractivity contribution < 1.29 is 9.53 Å². The average Bonchev–Trinajstić information content (AvgIpc) is 2.58. The Balaban J connectivity index is 2.02. The molecule has 0 aromatic carbocycles. The fraction of sp³-hybridized carbons (Fsp3) is 0.500. The van der Waals surface area contributed by atoms with Crippen LogP contribution >= 0.6 is 11.3 Å². The molecular formula is C10H13NO2S. The first kappa shape index (κ1) is 9.68. The van der Waals surface area contributed by atoms with Crippen LogP contribution in [0.3, 0.4) is 0 Å². The number of nitrogens with one attached hydrogen (secondary N) is 1. The van der Waals surface area contributed by atoms with Crippen molar-refractivity contribution in [3.8, 4) is 0 Å². The van der Waals surface area contributed by atoms with Crippen LogP contribution in [-0.4, -0.2) is 25.2 Å². The number of carbonyl (C=O) groups is 1. The van der Waals surface area contributed by atoms with E-state index in [1.54, 1.807) is 0 Å². The van der Waals surface area contributed by atoms with Crippen molar-refractivity contribution >= 4 is 17.2 Å². The molecule has 1 N–H and O–H groups in total. The molecule has 0 atom stereocenters. The standard InChI is InChI=1S/C10H13NO2S/c1-2-7-3-4-14-9(7)10(12)11-8-5-13-6-8/h3-4,8H,2,5-6H2,1H3,(H,11,12). The number of aryl methyl sites for hydroxylation is 1. The van der Waals surface area contributed by atoms with Gasteiger partial charge in [0.15, 0.2) is 0 Å². The Labute approximate surface area is 87.1 Å². The fourth-order valence-electron chi connectivity index (χ4n) is 1.38. The molecule has 1 saturated heterocycles. The van der Waals surface area contributed by atoms with Gasteiger partial charge in [-0.1, -0.05) is 6.92 Å². The van der Waals surface area contributed by atoms with E-state index < -0.39 is 0 Å². The van der Waals surface area contributed by atoms with Crippen molar-refractivity contribution in [1.29, 1.82) is 0 Å². The minimum absolute atomic E-state index is 0.0464. The summed E-state index contributed by atoms with van der Waals surface area (Å²) in [4.78, 5) is 12.6. The second-order valence-corrected chi connectivity index (χ2v) is 4.25. The van der Waals surface area contributed by atoms with Crippen LogP contribution in [0.1, 0.15) is 22.2 Å². The largest absolute Gasteiger partial charge is 0.377 e. The Bertz CT molecular complexity index is 331. The van der Waals surface area contributed by atoms with Crippen LogP contribution in [0.25, 0.3) is 0 Å². The molecule has 0 unspecified atom stereocenters. The van der Waals surface area contributed by atoms with Gasteiger partial charge in [-0.15, -0.1) is 11.3 Å². The van der Waals surface area contributed by atoms with Crippen LogP contribution < -0.4 is 5.32 Å². The molecule has 1 aromatic rings. The van der Waals surface area contributed by atoms with Gasteiger partial charge in [-0.2, -0.15) is 0 Å². The average molecular weight is 211 g/mol. The number of amides is 1. The Kier molecular flexibility index (Phi) is 2.84. The lowest BCUT2D eigenvalue weighted by atomic mass is 10.2. The molecule has 0 spiro atoms. The molecule has 0 saturated carbocycles. The molecule has 0 radical (unpaired) electrons. The van der Waals surface area contributed by atoms with E-state index in [4.69, 9.17) is 4.74 Å². The molecule has 1 fully saturated rings. The number of thiophene rings is 1. The summed E-state index contributed by atoms with van der Waals surface area (Å²) in [6.07, 6.45) is 0.910. The predicted molar refractivity (Wildman–Crippen MR) is 55.8 cm³/mol. The summed E-state index contributed by atoms with van der Waals surface area (Å²) in [6.45, 7) is 3.36. The second-order valence-electron chi connectivity index (χ2n) is 3.34. The minimum atomic E-state index is 0.0464. The van der Waals surface area contributed by atoms with Gasteiger partial charge in [-0.3, -0.25) is 4.79 Å². The molecule has 1 aromatic heterocycles. The number of hydrogen-bond donors (Lipinski definition) is 1. The lowest BCUT2D eigenvalue weighted by Gasteiger charge is -2.26. The first-order valence-corrected chi connectivity index (χ1v) is 5.64. The molecule has 76 valence electrons. The quantitative estimate of drug-likeness (QED) is 0.821. The Hall–Kier alpha value is -0.870. The predicted octanol–water partition coefficient (Wildman–Crippen LogP) is 1.44. The first-order chi connectivity index (χ1) is 6.81. The van der Waals surface area contributed by atoms with E-state index in [1.165, 1.54) is 11.3 Å². The van der Waals surface area contributed by atoms with Gasteiger partial charge in [-0.05, 0) is 23.4 Å². The molecule has 2 heterocycles. The van der Waals surface area contributed by atoms with Crippen molar-refractivity contribution in [3.63, 3.8) is 0 Å². The first-order valence-electron chi connectivity index (χ1n) is 4.76. The number of hydrogen-bond acceptors (Lipinski definition) is 3. The summed E-state index contributed by atoms with van der Waals surface area (Å²) in [5.74, 6) is 0.0464. The van der Waals surface area contributed by atoms with Gasteiger partial charge < -0.3 is 10.1 Å². The smallest absolute Gasteiger partial charge is 0.262 e. The van der Waals surface area contributed by atoms with Gasteiger partial charge >= 0.3 is 0 Å². The third kappa shape index (κ3) is 1.81. The third-order valence-corrected chi connectivity index (χ3v) is 3.26. The highest BCUT2D eigenvalue weighted by molar-refractivity contribution is 7.12. The molecule has 0 aliphatic carbocycles. The SMILES string of the molecule is CCc1ccsc1C(=O)NC1COC1. The maximum atomic E-state index is 11.7. The zero-order valence-electron chi connectivity index (χ0n) is 8.08. The summed E-state index contributed by atoms with van der Waals surface area (Å²) < 4.78 is 5.00. The summed E-state index contributed by atoms with van der Waals surface area (Å²) in [5, 5.41) is 4.90. The van der Waals surface area contributed by atoms with Crippen LogP contribution in [0.2, 0.25) is 0 Å². The van der Waals surface area contributed by atoms with E-state index in [9.17, 15) is 4.79 Å². The molecule has 0 bridgehead atoms. The monoisotopic (exact) mass is 211 g/mol. The zero-order valence-corrected chi connectivity index (χ0v) is 8.89. The van der Waals surface area contributed by atoms with Crippen LogP contribution in [0.5, 0.6) is 0 Å². The van der Waals surface area contributed by atoms with Crippen molar-refractivity contribution in [3.05, 3.63) is 21.9 Å². The highest BCUT2D eigenvalue weighted by Crippen LogP contribution is 2.17. The van der Waals surface area contributed by atoms with Gasteiger partial charge in [0.2, 0.25) is 0 Å². The Morgan fingerprint density at radius 1 is 1.71 bits per heavy atom. The van der Waals surface area contributed by atoms with E-state index in [1.807, 2.05) is 11.4 Å². The maximum Gasteiger partial charge on any atom is 0.262 e. The summed E-state index contributed by atoms with van der Waals surface area (Å²) in [7, 11) is 0. The van der Waals surface area contributed by atoms with Gasteiger partial charge in [0.1, 0.15) is 0 Å². The van der Waals surface area contributed by atoms with Crippen molar-refractivity contribution in [1.82, 2.24) is 5.32 Å². The molecule has 1 aliphatic rings. The molecular weight excluding hydrogens is 198 g/mol. The molecule has 3 nitrogen and oxygen atoms in total. The van der Waals surface area contributed by atoms with E-state index in [0.29, 0.717) is 13.2 Å². The minimum Gasteiger partial charge on any atom is -0.377 e. The number of ether oxygens (including phenoxy) is 1.